The van der Waals surface area contributed by atoms with Gasteiger partial charge in [-0.25, -0.2) is 4.98 Å². The van der Waals surface area contributed by atoms with Gasteiger partial charge in [-0.2, -0.15) is 0 Å². The molecule has 0 aliphatic rings. The van der Waals surface area contributed by atoms with Crippen molar-refractivity contribution in [1.29, 1.82) is 0 Å². The maximum Gasteiger partial charge on any atom is 0.123 e. The third-order valence-corrected chi connectivity index (χ3v) is 2.74. The van der Waals surface area contributed by atoms with E-state index in [0.717, 1.165) is 10.6 Å². The monoisotopic (exact) mass is 219 g/mol. The molecule has 0 bridgehead atoms. The fourth-order valence-corrected chi connectivity index (χ4v) is 1.99. The number of pyridine rings is 1. The van der Waals surface area contributed by atoms with E-state index in [1.807, 2.05) is 12.1 Å². The van der Waals surface area contributed by atoms with E-state index in [0.29, 0.717) is 5.69 Å². The molecule has 0 saturated heterocycles. The Balaban J connectivity index is 2.24. The van der Waals surface area contributed by atoms with Gasteiger partial charge in [-0.1, -0.05) is 0 Å². The van der Waals surface area contributed by atoms with Gasteiger partial charge in [0, 0.05) is 35.7 Å². The van der Waals surface area contributed by atoms with E-state index in [1.165, 1.54) is 11.3 Å². The largest absolute Gasteiger partial charge is 0.550 e. The van der Waals surface area contributed by atoms with Crippen molar-refractivity contribution in [2.45, 2.75) is 6.42 Å². The molecular weight excluding hydrogens is 212 g/mol. The lowest BCUT2D eigenvalue weighted by molar-refractivity contribution is -0.304. The Hall–Kier alpha value is -1.75. The number of thiazole rings is 1. The summed E-state index contributed by atoms with van der Waals surface area (Å²) in [5.74, 6) is -1.11. The highest BCUT2D eigenvalue weighted by Crippen LogP contribution is 2.22. The van der Waals surface area contributed by atoms with Crippen LogP contribution in [0.25, 0.3) is 10.6 Å². The van der Waals surface area contributed by atoms with Gasteiger partial charge in [-0.3, -0.25) is 4.98 Å². The Morgan fingerprint density at radius 2 is 2.13 bits per heavy atom. The van der Waals surface area contributed by atoms with Crippen molar-refractivity contribution < 1.29 is 9.90 Å². The molecule has 0 unspecified atom stereocenters. The summed E-state index contributed by atoms with van der Waals surface area (Å²) in [4.78, 5) is 18.4. The van der Waals surface area contributed by atoms with E-state index in [4.69, 9.17) is 0 Å². The standard InChI is InChI=1S/C10H8N2O2S/c13-9(14)5-8-6-15-10(12-8)7-1-3-11-4-2-7/h1-4,6H,5H2,(H,13,14)/p-1. The third-order valence-electron chi connectivity index (χ3n) is 1.80. The van der Waals surface area contributed by atoms with E-state index in [2.05, 4.69) is 9.97 Å². The summed E-state index contributed by atoms with van der Waals surface area (Å²) >= 11 is 1.41. The lowest BCUT2D eigenvalue weighted by Crippen LogP contribution is -2.24. The molecule has 15 heavy (non-hydrogen) atoms. The average Bonchev–Trinajstić information content (AvgIpc) is 2.67. The first-order chi connectivity index (χ1) is 7.25. The Morgan fingerprint density at radius 3 is 2.80 bits per heavy atom. The van der Waals surface area contributed by atoms with E-state index in [-0.39, 0.29) is 6.42 Å². The number of carbonyl (C=O) groups excluding carboxylic acids is 1. The molecule has 2 aromatic heterocycles. The maximum atomic E-state index is 10.4. The van der Waals surface area contributed by atoms with Crippen molar-refractivity contribution in [3.63, 3.8) is 0 Å². The highest BCUT2D eigenvalue weighted by molar-refractivity contribution is 7.13. The van der Waals surface area contributed by atoms with Crippen LogP contribution in [0.15, 0.2) is 29.9 Å². The molecule has 0 N–H and O–H groups in total. The third kappa shape index (κ3) is 2.38. The van der Waals surface area contributed by atoms with Gasteiger partial charge in [0.2, 0.25) is 0 Å². The summed E-state index contributed by atoms with van der Waals surface area (Å²) in [6.45, 7) is 0. The zero-order chi connectivity index (χ0) is 10.7. The van der Waals surface area contributed by atoms with Gasteiger partial charge in [0.1, 0.15) is 5.01 Å². The van der Waals surface area contributed by atoms with Gasteiger partial charge in [0.15, 0.2) is 0 Å². The molecule has 0 aliphatic carbocycles. The van der Waals surface area contributed by atoms with Crippen LogP contribution in [-0.2, 0) is 11.2 Å². The Kier molecular flexibility index (Phi) is 2.73. The molecule has 2 aromatic rings. The van der Waals surface area contributed by atoms with Crippen molar-refractivity contribution >= 4 is 17.3 Å². The number of carboxylic acid groups (broad SMARTS) is 1. The quantitative estimate of drug-likeness (QED) is 0.753. The summed E-state index contributed by atoms with van der Waals surface area (Å²) in [5, 5.41) is 12.9. The first-order valence-electron chi connectivity index (χ1n) is 4.30. The molecule has 2 heterocycles. The molecule has 0 atom stereocenters. The number of hydrogen-bond donors (Lipinski definition) is 0. The minimum Gasteiger partial charge on any atom is -0.550 e. The average molecular weight is 219 g/mol. The predicted molar refractivity (Wildman–Crippen MR) is 54.1 cm³/mol. The summed E-state index contributed by atoms with van der Waals surface area (Å²) in [6.07, 6.45) is 3.21. The number of carboxylic acids is 1. The summed E-state index contributed by atoms with van der Waals surface area (Å²) in [7, 11) is 0. The van der Waals surface area contributed by atoms with Crippen LogP contribution in [0.3, 0.4) is 0 Å². The van der Waals surface area contributed by atoms with Crippen LogP contribution in [0, 0.1) is 0 Å². The van der Waals surface area contributed by atoms with E-state index in [9.17, 15) is 9.90 Å². The molecule has 5 heteroatoms. The van der Waals surface area contributed by atoms with Gasteiger partial charge in [0.25, 0.3) is 0 Å². The normalized spacial score (nSPS) is 10.1. The number of rotatable bonds is 3. The van der Waals surface area contributed by atoms with Crippen molar-refractivity contribution in [2.75, 3.05) is 0 Å². The Bertz CT molecular complexity index is 467. The molecule has 0 aromatic carbocycles. The Labute approximate surface area is 90.3 Å². The SMILES string of the molecule is O=C([O-])Cc1csc(-c2ccncc2)n1. The van der Waals surface area contributed by atoms with Crippen LogP contribution >= 0.6 is 11.3 Å². The van der Waals surface area contributed by atoms with Gasteiger partial charge < -0.3 is 9.90 Å². The van der Waals surface area contributed by atoms with Crippen molar-refractivity contribution in [3.05, 3.63) is 35.6 Å². The van der Waals surface area contributed by atoms with Crippen LogP contribution in [0.1, 0.15) is 5.69 Å². The zero-order valence-corrected chi connectivity index (χ0v) is 8.53. The molecule has 0 spiro atoms. The fourth-order valence-electron chi connectivity index (χ4n) is 1.16. The molecule has 0 saturated carbocycles. The molecule has 4 nitrogen and oxygen atoms in total. The summed E-state index contributed by atoms with van der Waals surface area (Å²) < 4.78 is 0. The molecule has 2 rings (SSSR count). The lowest BCUT2D eigenvalue weighted by atomic mass is 10.3. The van der Waals surface area contributed by atoms with E-state index < -0.39 is 5.97 Å². The second-order valence-corrected chi connectivity index (χ2v) is 3.79. The molecular formula is C10H7N2O2S-. The van der Waals surface area contributed by atoms with Gasteiger partial charge >= 0.3 is 0 Å². The number of aromatic nitrogens is 2. The van der Waals surface area contributed by atoms with Crippen LogP contribution in [0.2, 0.25) is 0 Å². The van der Waals surface area contributed by atoms with E-state index >= 15 is 0 Å². The lowest BCUT2D eigenvalue weighted by Gasteiger charge is -1.96. The van der Waals surface area contributed by atoms with Crippen LogP contribution in [0.5, 0.6) is 0 Å². The second-order valence-electron chi connectivity index (χ2n) is 2.93. The first kappa shape index (κ1) is 9.79. The fraction of sp³-hybridized carbons (Fsp3) is 0.100. The van der Waals surface area contributed by atoms with Crippen LogP contribution in [-0.4, -0.2) is 15.9 Å². The molecule has 0 amide bonds. The molecule has 0 radical (unpaired) electrons. The highest BCUT2D eigenvalue weighted by Gasteiger charge is 2.04. The predicted octanol–water partition coefficient (Wildman–Crippen LogP) is 0.497. The minimum atomic E-state index is -1.11. The number of carbonyl (C=O) groups is 1. The topological polar surface area (TPSA) is 65.9 Å². The maximum absolute atomic E-state index is 10.4. The summed E-state index contributed by atoms with van der Waals surface area (Å²) in [6, 6.07) is 3.67. The zero-order valence-electron chi connectivity index (χ0n) is 7.71. The van der Waals surface area contributed by atoms with Crippen LogP contribution in [0.4, 0.5) is 0 Å². The van der Waals surface area contributed by atoms with Gasteiger partial charge in [0.05, 0.1) is 5.69 Å². The molecule has 0 aliphatic heterocycles. The number of nitrogens with zero attached hydrogens (tertiary/aromatic N) is 2. The Morgan fingerprint density at radius 1 is 1.40 bits per heavy atom. The van der Waals surface area contributed by atoms with E-state index in [1.54, 1.807) is 17.8 Å². The smallest absolute Gasteiger partial charge is 0.123 e. The van der Waals surface area contributed by atoms with Gasteiger partial charge in [-0.15, -0.1) is 11.3 Å². The van der Waals surface area contributed by atoms with Crippen LogP contribution < -0.4 is 5.11 Å². The minimum absolute atomic E-state index is 0.137. The summed E-state index contributed by atoms with van der Waals surface area (Å²) in [5.41, 5.74) is 1.48. The highest BCUT2D eigenvalue weighted by atomic mass is 32.1. The number of hydrogen-bond acceptors (Lipinski definition) is 5. The number of aliphatic carboxylic acids is 1. The van der Waals surface area contributed by atoms with Crippen molar-refractivity contribution in [3.8, 4) is 10.6 Å². The van der Waals surface area contributed by atoms with Crippen molar-refractivity contribution in [2.24, 2.45) is 0 Å². The van der Waals surface area contributed by atoms with Gasteiger partial charge in [-0.05, 0) is 12.1 Å². The first-order valence-corrected chi connectivity index (χ1v) is 5.18. The second kappa shape index (κ2) is 4.18. The molecule has 0 fully saturated rings. The molecule has 76 valence electrons. The van der Waals surface area contributed by atoms with Crippen molar-refractivity contribution in [1.82, 2.24) is 9.97 Å².